The lowest BCUT2D eigenvalue weighted by atomic mass is 10.2. The molecule has 2 aromatic carbocycles. The highest BCUT2D eigenvalue weighted by molar-refractivity contribution is 7.89. The molecule has 0 aromatic heterocycles. The van der Waals surface area contributed by atoms with Gasteiger partial charge in [-0.1, -0.05) is 26.0 Å². The number of sulfonamides is 1. The van der Waals surface area contributed by atoms with Crippen molar-refractivity contribution in [3.8, 4) is 6.07 Å². The average molecular weight is 470 g/mol. The number of nitriles is 1. The maximum absolute atomic E-state index is 12.8. The molecule has 1 amide bonds. The molecule has 0 saturated heterocycles. The van der Waals surface area contributed by atoms with E-state index in [1.165, 1.54) is 34.8 Å². The lowest BCUT2D eigenvalue weighted by molar-refractivity contribution is 0.0955. The Morgan fingerprint density at radius 1 is 1.03 bits per heavy atom. The van der Waals surface area contributed by atoms with Gasteiger partial charge in [-0.25, -0.2) is 13.8 Å². The molecule has 0 unspecified atom stereocenters. The number of nitrogens with one attached hydrogen (secondary N) is 1. The summed E-state index contributed by atoms with van der Waals surface area (Å²) in [4.78, 5) is 14.5. The highest BCUT2D eigenvalue weighted by Crippen LogP contribution is 2.17. The van der Waals surface area contributed by atoms with Crippen molar-refractivity contribution >= 4 is 27.8 Å². The quantitative estimate of drug-likeness (QED) is 0.378. The minimum Gasteiger partial charge on any atom is -0.374 e. The summed E-state index contributed by atoms with van der Waals surface area (Å²) in [5.74, 6) is -0.429. The van der Waals surface area contributed by atoms with Gasteiger partial charge in [0.1, 0.15) is 0 Å². The summed E-state index contributed by atoms with van der Waals surface area (Å²) in [5.41, 5.74) is 4.57. The Bertz CT molecular complexity index is 1070. The molecule has 0 fully saturated rings. The molecule has 0 aliphatic carbocycles. The summed E-state index contributed by atoms with van der Waals surface area (Å²) < 4.78 is 27.1. The van der Waals surface area contributed by atoms with E-state index in [-0.39, 0.29) is 4.90 Å². The standard InChI is InChI=1S/C24H31N5O3S/c1-4-16-29(17-5-2)33(31,32)23-13-9-21(10-14-23)24(30)27-26-19-20-7-11-22(12-8-20)28(3)18-6-15-25/h7-14,19H,4-6,16-18H2,1-3H3,(H,27,30)/b26-19+. The number of anilines is 1. The SMILES string of the molecule is CCCN(CCC)S(=O)(=O)c1ccc(C(=O)N/N=C/c2ccc(N(C)CCC#N)cc2)cc1. The zero-order valence-corrected chi connectivity index (χ0v) is 20.2. The highest BCUT2D eigenvalue weighted by Gasteiger charge is 2.23. The number of carbonyl (C=O) groups is 1. The minimum absolute atomic E-state index is 0.171. The summed E-state index contributed by atoms with van der Waals surface area (Å²) >= 11 is 0. The fourth-order valence-corrected chi connectivity index (χ4v) is 4.79. The van der Waals surface area contributed by atoms with Crippen LogP contribution in [0.4, 0.5) is 5.69 Å². The molecular weight excluding hydrogens is 438 g/mol. The Morgan fingerprint density at radius 2 is 1.64 bits per heavy atom. The molecule has 33 heavy (non-hydrogen) atoms. The van der Waals surface area contributed by atoms with Crippen LogP contribution in [-0.2, 0) is 10.0 Å². The van der Waals surface area contributed by atoms with E-state index in [0.717, 1.165) is 24.1 Å². The van der Waals surface area contributed by atoms with Gasteiger partial charge in [0, 0.05) is 37.9 Å². The predicted molar refractivity (Wildman–Crippen MR) is 131 cm³/mol. The van der Waals surface area contributed by atoms with Crippen molar-refractivity contribution in [2.45, 2.75) is 38.0 Å². The molecule has 0 radical (unpaired) electrons. The Labute approximate surface area is 196 Å². The smallest absolute Gasteiger partial charge is 0.271 e. The maximum atomic E-state index is 12.8. The number of benzene rings is 2. The first-order chi connectivity index (χ1) is 15.8. The lowest BCUT2D eigenvalue weighted by Crippen LogP contribution is -2.32. The molecule has 1 N–H and O–H groups in total. The van der Waals surface area contributed by atoms with E-state index < -0.39 is 15.9 Å². The van der Waals surface area contributed by atoms with Crippen LogP contribution in [0.2, 0.25) is 0 Å². The molecule has 0 atom stereocenters. The fourth-order valence-electron chi connectivity index (χ4n) is 3.17. The van der Waals surface area contributed by atoms with Gasteiger partial charge in [0.05, 0.1) is 23.6 Å². The zero-order valence-electron chi connectivity index (χ0n) is 19.4. The van der Waals surface area contributed by atoms with Gasteiger partial charge in [-0.2, -0.15) is 14.7 Å². The number of amides is 1. The van der Waals surface area contributed by atoms with Crippen LogP contribution in [-0.4, -0.2) is 51.5 Å². The van der Waals surface area contributed by atoms with Crippen LogP contribution < -0.4 is 10.3 Å². The third-order valence-electron chi connectivity index (χ3n) is 4.97. The number of hydrogen-bond acceptors (Lipinski definition) is 6. The van der Waals surface area contributed by atoms with E-state index >= 15 is 0 Å². The highest BCUT2D eigenvalue weighted by atomic mass is 32.2. The second kappa shape index (κ2) is 12.7. The van der Waals surface area contributed by atoms with E-state index in [0.29, 0.717) is 31.6 Å². The van der Waals surface area contributed by atoms with Crippen molar-refractivity contribution in [3.63, 3.8) is 0 Å². The number of hydrogen-bond donors (Lipinski definition) is 1. The largest absolute Gasteiger partial charge is 0.374 e. The number of rotatable bonds is 12. The second-order valence-corrected chi connectivity index (χ2v) is 9.49. The molecule has 0 aliphatic rings. The molecule has 176 valence electrons. The molecule has 0 bridgehead atoms. The number of carbonyl (C=O) groups excluding carboxylic acids is 1. The first-order valence-corrected chi connectivity index (χ1v) is 12.4. The van der Waals surface area contributed by atoms with Crippen LogP contribution in [0.5, 0.6) is 0 Å². The predicted octanol–water partition coefficient (Wildman–Crippen LogP) is 3.61. The zero-order chi connectivity index (χ0) is 24.3. The average Bonchev–Trinajstić information content (AvgIpc) is 2.82. The summed E-state index contributed by atoms with van der Waals surface area (Å²) in [6.07, 6.45) is 3.45. The molecule has 0 aliphatic heterocycles. The van der Waals surface area contributed by atoms with E-state index in [9.17, 15) is 13.2 Å². The van der Waals surface area contributed by atoms with E-state index in [2.05, 4.69) is 16.6 Å². The third-order valence-corrected chi connectivity index (χ3v) is 6.89. The third kappa shape index (κ3) is 7.41. The normalized spacial score (nSPS) is 11.5. The van der Waals surface area contributed by atoms with Crippen LogP contribution in [0.3, 0.4) is 0 Å². The molecular formula is C24H31N5O3S. The van der Waals surface area contributed by atoms with Crippen molar-refractivity contribution in [1.29, 1.82) is 5.26 Å². The van der Waals surface area contributed by atoms with Crippen molar-refractivity contribution in [1.82, 2.24) is 9.73 Å². The van der Waals surface area contributed by atoms with E-state index in [1.807, 2.05) is 50.1 Å². The van der Waals surface area contributed by atoms with Gasteiger partial charge in [-0.3, -0.25) is 4.79 Å². The van der Waals surface area contributed by atoms with Crippen molar-refractivity contribution in [2.75, 3.05) is 31.6 Å². The maximum Gasteiger partial charge on any atom is 0.271 e. The molecule has 0 saturated carbocycles. The summed E-state index contributed by atoms with van der Waals surface area (Å²) in [6.45, 7) is 5.45. The van der Waals surface area contributed by atoms with Crippen molar-refractivity contribution < 1.29 is 13.2 Å². The Kier molecular flexibility index (Phi) is 10.0. The summed E-state index contributed by atoms with van der Waals surface area (Å²) in [7, 11) is -1.66. The first kappa shape index (κ1) is 26.0. The Balaban J connectivity index is 1.99. The number of hydrazone groups is 1. The van der Waals surface area contributed by atoms with Crippen LogP contribution in [0.15, 0.2) is 58.5 Å². The topological polar surface area (TPSA) is 106 Å². The fraction of sp³-hybridized carbons (Fsp3) is 0.375. The van der Waals surface area contributed by atoms with Gasteiger partial charge in [-0.05, 0) is 54.8 Å². The Morgan fingerprint density at radius 3 is 2.18 bits per heavy atom. The van der Waals surface area contributed by atoms with Gasteiger partial charge in [0.25, 0.3) is 5.91 Å². The van der Waals surface area contributed by atoms with Gasteiger partial charge >= 0.3 is 0 Å². The minimum atomic E-state index is -3.58. The van der Waals surface area contributed by atoms with Crippen LogP contribution in [0.25, 0.3) is 0 Å². The van der Waals surface area contributed by atoms with E-state index in [1.54, 1.807) is 0 Å². The molecule has 2 rings (SSSR count). The molecule has 0 spiro atoms. The molecule has 0 heterocycles. The summed E-state index contributed by atoms with van der Waals surface area (Å²) in [5, 5.41) is 12.7. The second-order valence-electron chi connectivity index (χ2n) is 7.55. The van der Waals surface area contributed by atoms with Crippen LogP contribution in [0, 0.1) is 11.3 Å². The van der Waals surface area contributed by atoms with Crippen LogP contribution in [0.1, 0.15) is 49.0 Å². The van der Waals surface area contributed by atoms with Crippen molar-refractivity contribution in [2.24, 2.45) is 5.10 Å². The molecule has 2 aromatic rings. The van der Waals surface area contributed by atoms with Crippen molar-refractivity contribution in [3.05, 3.63) is 59.7 Å². The lowest BCUT2D eigenvalue weighted by Gasteiger charge is -2.21. The summed E-state index contributed by atoms with van der Waals surface area (Å²) in [6, 6.07) is 15.6. The van der Waals surface area contributed by atoms with Gasteiger partial charge in [0.15, 0.2) is 0 Å². The monoisotopic (exact) mass is 469 g/mol. The first-order valence-electron chi connectivity index (χ1n) is 10.9. The van der Waals surface area contributed by atoms with Gasteiger partial charge < -0.3 is 4.90 Å². The number of nitrogens with zero attached hydrogens (tertiary/aromatic N) is 4. The van der Waals surface area contributed by atoms with E-state index in [4.69, 9.17) is 5.26 Å². The van der Waals surface area contributed by atoms with Gasteiger partial charge in [-0.15, -0.1) is 0 Å². The molecule has 9 heteroatoms. The molecule has 8 nitrogen and oxygen atoms in total. The van der Waals surface area contributed by atoms with Gasteiger partial charge in [0.2, 0.25) is 10.0 Å². The van der Waals surface area contributed by atoms with Crippen LogP contribution >= 0.6 is 0 Å². The Hall–Kier alpha value is -3.22.